The Hall–Kier alpha value is -3.42. The molecule has 36 heavy (non-hydrogen) atoms. The van der Waals surface area contributed by atoms with Crippen LogP contribution >= 0.6 is 0 Å². The van der Waals surface area contributed by atoms with Gasteiger partial charge in [-0.3, -0.25) is 4.90 Å². The average Bonchev–Trinajstić information content (AvgIpc) is 3.31. The number of piperazine rings is 1. The molecule has 4 aromatic rings. The summed E-state index contributed by atoms with van der Waals surface area (Å²) in [6, 6.07) is 18.8. The largest absolute Gasteiger partial charge is 0.493 e. The van der Waals surface area contributed by atoms with Gasteiger partial charge >= 0.3 is 0 Å². The number of hydrogen-bond donors (Lipinski definition) is 1. The molecule has 2 aliphatic rings. The molecule has 1 saturated heterocycles. The molecule has 186 valence electrons. The summed E-state index contributed by atoms with van der Waals surface area (Å²) >= 11 is 0. The number of ether oxygens (including phenoxy) is 1. The highest BCUT2D eigenvalue weighted by atomic mass is 16.5. The van der Waals surface area contributed by atoms with Crippen LogP contribution < -0.4 is 4.74 Å². The molecule has 0 unspecified atom stereocenters. The Kier molecular flexibility index (Phi) is 6.34. The van der Waals surface area contributed by atoms with Gasteiger partial charge < -0.3 is 19.3 Å². The number of aromatic nitrogens is 3. The van der Waals surface area contributed by atoms with Crippen LogP contribution in [0.15, 0.2) is 67.1 Å². The predicted molar refractivity (Wildman–Crippen MR) is 142 cm³/mol. The highest BCUT2D eigenvalue weighted by molar-refractivity contribution is 5.97. The van der Waals surface area contributed by atoms with E-state index in [1.165, 1.54) is 32.3 Å². The Bertz CT molecular complexity index is 1310. The van der Waals surface area contributed by atoms with Crippen LogP contribution in [0.3, 0.4) is 0 Å². The second-order valence-electron chi connectivity index (χ2n) is 10.1. The third kappa shape index (κ3) is 4.56. The topological polar surface area (TPSA) is 66.7 Å². The number of likely N-dealkylation sites (N-methyl/N-ethyl adjacent to an activating group) is 1. The predicted octanol–water partition coefficient (Wildman–Crippen LogP) is 5.33. The van der Waals surface area contributed by atoms with E-state index in [0.29, 0.717) is 12.1 Å². The quantitative estimate of drug-likeness (QED) is 0.414. The van der Waals surface area contributed by atoms with Gasteiger partial charge in [-0.25, -0.2) is 9.97 Å². The molecule has 6 rings (SSSR count). The second kappa shape index (κ2) is 9.91. The first kappa shape index (κ1) is 23.0. The molecule has 7 heteroatoms. The summed E-state index contributed by atoms with van der Waals surface area (Å²) in [6.07, 6.45) is 8.26. The van der Waals surface area contributed by atoms with Gasteiger partial charge in [0.2, 0.25) is 5.88 Å². The van der Waals surface area contributed by atoms with Gasteiger partial charge in [-0.2, -0.15) is 0 Å². The van der Waals surface area contributed by atoms with E-state index in [-0.39, 0.29) is 5.88 Å². The summed E-state index contributed by atoms with van der Waals surface area (Å²) < 4.78 is 8.24. The zero-order valence-electron chi connectivity index (χ0n) is 20.8. The molecule has 1 N–H and O–H groups in total. The molecule has 1 saturated carbocycles. The first-order valence-corrected chi connectivity index (χ1v) is 13.0. The number of aromatic hydroxyl groups is 1. The molecule has 1 aliphatic carbocycles. The molecule has 7 nitrogen and oxygen atoms in total. The van der Waals surface area contributed by atoms with Crippen LogP contribution in [0.4, 0.5) is 0 Å². The van der Waals surface area contributed by atoms with Crippen LogP contribution in [0.2, 0.25) is 0 Å². The number of fused-ring (bicyclic) bond motifs is 1. The summed E-state index contributed by atoms with van der Waals surface area (Å²) in [6.45, 7) is 4.68. The average molecular weight is 484 g/mol. The fraction of sp³-hybridized carbons (Fsp3) is 0.379. The highest BCUT2D eigenvalue weighted by Crippen LogP contribution is 2.40. The van der Waals surface area contributed by atoms with E-state index in [9.17, 15) is 5.11 Å². The Balaban J connectivity index is 1.24. The molecule has 2 aromatic carbocycles. The van der Waals surface area contributed by atoms with Crippen molar-refractivity contribution in [1.82, 2.24) is 24.3 Å². The van der Waals surface area contributed by atoms with Gasteiger partial charge in [-0.15, -0.1) is 0 Å². The van der Waals surface area contributed by atoms with Crippen LogP contribution in [-0.4, -0.2) is 68.7 Å². The minimum absolute atomic E-state index is 0.0319. The van der Waals surface area contributed by atoms with Crippen molar-refractivity contribution in [3.63, 3.8) is 0 Å². The Morgan fingerprint density at radius 3 is 2.19 bits per heavy atom. The smallest absolute Gasteiger partial charge is 0.224 e. The van der Waals surface area contributed by atoms with E-state index in [1.54, 1.807) is 0 Å². The van der Waals surface area contributed by atoms with Crippen molar-refractivity contribution in [1.29, 1.82) is 0 Å². The zero-order chi connectivity index (χ0) is 24.5. The van der Waals surface area contributed by atoms with E-state index >= 15 is 0 Å². The number of nitrogens with zero attached hydrogens (tertiary/aromatic N) is 5. The number of benzene rings is 2. The van der Waals surface area contributed by atoms with E-state index in [4.69, 9.17) is 4.74 Å². The second-order valence-corrected chi connectivity index (χ2v) is 10.1. The van der Waals surface area contributed by atoms with Gasteiger partial charge in [0, 0.05) is 50.0 Å². The third-order valence-electron chi connectivity index (χ3n) is 7.85. The molecular formula is C29H33N5O2. The first-order chi connectivity index (χ1) is 17.7. The lowest BCUT2D eigenvalue weighted by Crippen LogP contribution is -2.49. The monoisotopic (exact) mass is 483 g/mol. The van der Waals surface area contributed by atoms with Crippen molar-refractivity contribution in [2.45, 2.75) is 37.8 Å². The van der Waals surface area contributed by atoms with E-state index in [0.717, 1.165) is 59.6 Å². The van der Waals surface area contributed by atoms with E-state index in [2.05, 4.69) is 37.6 Å². The number of rotatable bonds is 5. The van der Waals surface area contributed by atoms with Gasteiger partial charge in [0.15, 0.2) is 0 Å². The fourth-order valence-electron chi connectivity index (χ4n) is 5.78. The fourth-order valence-corrected chi connectivity index (χ4v) is 5.78. The molecule has 0 amide bonds. The summed E-state index contributed by atoms with van der Waals surface area (Å²) in [5.74, 6) is 1.61. The minimum atomic E-state index is 0.0319. The van der Waals surface area contributed by atoms with Gasteiger partial charge in [0.05, 0.1) is 5.39 Å². The van der Waals surface area contributed by atoms with Gasteiger partial charge in [0.1, 0.15) is 23.5 Å². The van der Waals surface area contributed by atoms with Crippen molar-refractivity contribution >= 4 is 11.0 Å². The standard InChI is InChI=1S/C29H33N5O2/c1-32-15-17-33(18-16-32)22-9-11-23(12-10-22)34-19-26(27-28(34)30-20-31-29(27)35)21-7-13-25(14-8-21)36-24-5-3-2-4-6-24/h2-8,13-14,19-20,22-23H,9-12,15-18H2,1H3,(H,30,31,35)/t22-,23-. The van der Waals surface area contributed by atoms with Crippen molar-refractivity contribution in [3.8, 4) is 28.5 Å². The maximum Gasteiger partial charge on any atom is 0.224 e. The highest BCUT2D eigenvalue weighted by Gasteiger charge is 2.30. The Morgan fingerprint density at radius 1 is 0.806 bits per heavy atom. The van der Waals surface area contributed by atoms with Gasteiger partial charge in [-0.1, -0.05) is 30.3 Å². The van der Waals surface area contributed by atoms with Crippen molar-refractivity contribution in [2.24, 2.45) is 0 Å². The first-order valence-electron chi connectivity index (χ1n) is 13.0. The van der Waals surface area contributed by atoms with Gasteiger partial charge in [0.25, 0.3) is 0 Å². The Morgan fingerprint density at radius 2 is 1.47 bits per heavy atom. The molecule has 0 bridgehead atoms. The third-order valence-corrected chi connectivity index (χ3v) is 7.85. The van der Waals surface area contributed by atoms with Gasteiger partial charge in [-0.05, 0) is 62.6 Å². The van der Waals surface area contributed by atoms with E-state index in [1.807, 2.05) is 54.6 Å². The summed E-state index contributed by atoms with van der Waals surface area (Å²) in [7, 11) is 2.21. The molecule has 2 fully saturated rings. The van der Waals surface area contributed by atoms with E-state index < -0.39 is 0 Å². The lowest BCUT2D eigenvalue weighted by molar-refractivity contribution is 0.0828. The van der Waals surface area contributed by atoms with Crippen molar-refractivity contribution < 1.29 is 9.84 Å². The summed E-state index contributed by atoms with van der Waals surface area (Å²) in [5.41, 5.74) is 2.77. The zero-order valence-corrected chi connectivity index (χ0v) is 20.8. The molecule has 3 heterocycles. The molecular weight excluding hydrogens is 450 g/mol. The molecule has 0 spiro atoms. The Labute approximate surface area is 212 Å². The maximum absolute atomic E-state index is 10.7. The van der Waals surface area contributed by atoms with Crippen LogP contribution in [-0.2, 0) is 0 Å². The number of hydrogen-bond acceptors (Lipinski definition) is 6. The van der Waals surface area contributed by atoms with Crippen molar-refractivity contribution in [2.75, 3.05) is 33.2 Å². The lowest BCUT2D eigenvalue weighted by atomic mass is 9.89. The maximum atomic E-state index is 10.7. The van der Waals surface area contributed by atoms with Crippen LogP contribution in [0, 0.1) is 0 Å². The number of para-hydroxylation sites is 1. The van der Waals surface area contributed by atoms with Crippen LogP contribution in [0.1, 0.15) is 31.7 Å². The normalized spacial score (nSPS) is 21.6. The lowest BCUT2D eigenvalue weighted by Gasteiger charge is -2.41. The van der Waals surface area contributed by atoms with Crippen LogP contribution in [0.25, 0.3) is 22.2 Å². The van der Waals surface area contributed by atoms with Crippen LogP contribution in [0.5, 0.6) is 17.4 Å². The SMILES string of the molecule is CN1CCN([C@H]2CC[C@H](n3cc(-c4ccc(Oc5ccccc5)cc4)c4c(O)ncnc43)CC2)CC1. The molecule has 0 atom stereocenters. The summed E-state index contributed by atoms with van der Waals surface area (Å²) in [5, 5.41) is 11.4. The minimum Gasteiger partial charge on any atom is -0.493 e. The molecule has 2 aromatic heterocycles. The molecule has 1 aliphatic heterocycles. The van der Waals surface area contributed by atoms with Crippen molar-refractivity contribution in [3.05, 3.63) is 67.1 Å². The molecule has 0 radical (unpaired) electrons. The summed E-state index contributed by atoms with van der Waals surface area (Å²) in [4.78, 5) is 13.8.